The van der Waals surface area contributed by atoms with Crippen LogP contribution in [0.4, 0.5) is 11.4 Å². The van der Waals surface area contributed by atoms with Crippen LogP contribution >= 0.6 is 15.9 Å². The standard InChI is InChI=1S/C19H21BrN2O2/c1-4-21(16-8-6-5-7-9-16)19(24)13-22(15(3)23)18-11-10-14(2)12-17(18)20/h5-12H,4,13H2,1-3H3. The number of amides is 2. The van der Waals surface area contributed by atoms with E-state index in [-0.39, 0.29) is 18.4 Å². The maximum atomic E-state index is 12.8. The van der Waals surface area contributed by atoms with Gasteiger partial charge in [-0.05, 0) is 59.6 Å². The average Bonchev–Trinajstić information content (AvgIpc) is 2.55. The number of hydrogen-bond donors (Lipinski definition) is 0. The molecule has 2 amide bonds. The van der Waals surface area contributed by atoms with E-state index in [1.807, 2.05) is 62.4 Å². The summed E-state index contributed by atoms with van der Waals surface area (Å²) in [5, 5.41) is 0. The second kappa shape index (κ2) is 8.11. The molecule has 0 spiro atoms. The quantitative estimate of drug-likeness (QED) is 0.771. The normalized spacial score (nSPS) is 10.3. The van der Waals surface area contributed by atoms with E-state index in [0.29, 0.717) is 12.2 Å². The van der Waals surface area contributed by atoms with Crippen LogP contribution in [0.25, 0.3) is 0 Å². The molecule has 0 unspecified atom stereocenters. The zero-order valence-corrected chi connectivity index (χ0v) is 15.7. The molecule has 0 aliphatic rings. The second-order valence-electron chi connectivity index (χ2n) is 5.53. The lowest BCUT2D eigenvalue weighted by Crippen LogP contribution is -2.42. The highest BCUT2D eigenvalue weighted by molar-refractivity contribution is 9.10. The van der Waals surface area contributed by atoms with Gasteiger partial charge in [-0.3, -0.25) is 9.59 Å². The minimum absolute atomic E-state index is 0.000269. The van der Waals surface area contributed by atoms with E-state index in [2.05, 4.69) is 15.9 Å². The zero-order valence-electron chi connectivity index (χ0n) is 14.1. The van der Waals surface area contributed by atoms with Crippen molar-refractivity contribution in [1.82, 2.24) is 0 Å². The Hall–Kier alpha value is -2.14. The molecule has 0 atom stereocenters. The van der Waals surface area contributed by atoms with Gasteiger partial charge in [0.25, 0.3) is 0 Å². The molecular formula is C19H21BrN2O2. The van der Waals surface area contributed by atoms with Crippen LogP contribution < -0.4 is 9.80 Å². The smallest absolute Gasteiger partial charge is 0.247 e. The number of rotatable bonds is 5. The van der Waals surface area contributed by atoms with Crippen LogP contribution in [0.15, 0.2) is 53.0 Å². The number of benzene rings is 2. The van der Waals surface area contributed by atoms with Crippen LogP contribution in [0.1, 0.15) is 19.4 Å². The molecule has 4 nitrogen and oxygen atoms in total. The molecule has 0 saturated carbocycles. The summed E-state index contributed by atoms with van der Waals surface area (Å²) in [6, 6.07) is 15.2. The van der Waals surface area contributed by atoms with Crippen molar-refractivity contribution in [1.29, 1.82) is 0 Å². The summed E-state index contributed by atoms with van der Waals surface area (Å²) < 4.78 is 0.799. The highest BCUT2D eigenvalue weighted by Crippen LogP contribution is 2.27. The highest BCUT2D eigenvalue weighted by atomic mass is 79.9. The van der Waals surface area contributed by atoms with E-state index in [0.717, 1.165) is 15.7 Å². The molecule has 0 N–H and O–H groups in total. The molecule has 0 aliphatic carbocycles. The van der Waals surface area contributed by atoms with Crippen molar-refractivity contribution >= 4 is 39.1 Å². The summed E-state index contributed by atoms with van der Waals surface area (Å²) in [6.07, 6.45) is 0. The van der Waals surface area contributed by atoms with Gasteiger partial charge in [0.2, 0.25) is 11.8 Å². The predicted octanol–water partition coefficient (Wildman–Crippen LogP) is 4.16. The number of carbonyl (C=O) groups excluding carboxylic acids is 2. The first-order valence-electron chi connectivity index (χ1n) is 7.83. The highest BCUT2D eigenvalue weighted by Gasteiger charge is 2.22. The van der Waals surface area contributed by atoms with Gasteiger partial charge in [-0.1, -0.05) is 24.3 Å². The second-order valence-corrected chi connectivity index (χ2v) is 6.39. The van der Waals surface area contributed by atoms with Gasteiger partial charge in [0.05, 0.1) is 5.69 Å². The van der Waals surface area contributed by atoms with Crippen LogP contribution in [0.2, 0.25) is 0 Å². The zero-order chi connectivity index (χ0) is 17.7. The molecule has 2 rings (SSSR count). The molecule has 0 radical (unpaired) electrons. The van der Waals surface area contributed by atoms with Crippen molar-refractivity contribution in [2.75, 3.05) is 22.9 Å². The number of likely N-dealkylation sites (N-methyl/N-ethyl adjacent to an activating group) is 1. The molecule has 0 heterocycles. The van der Waals surface area contributed by atoms with Gasteiger partial charge < -0.3 is 9.80 Å². The Morgan fingerprint density at radius 2 is 1.71 bits per heavy atom. The van der Waals surface area contributed by atoms with Crippen LogP contribution in [-0.4, -0.2) is 24.9 Å². The predicted molar refractivity (Wildman–Crippen MR) is 101 cm³/mol. The van der Waals surface area contributed by atoms with E-state index in [9.17, 15) is 9.59 Å². The fourth-order valence-electron chi connectivity index (χ4n) is 2.53. The summed E-state index contributed by atoms with van der Waals surface area (Å²) in [7, 11) is 0. The Morgan fingerprint density at radius 3 is 2.25 bits per heavy atom. The van der Waals surface area contributed by atoms with Gasteiger partial charge in [-0.25, -0.2) is 0 Å². The molecule has 5 heteroatoms. The minimum Gasteiger partial charge on any atom is -0.311 e. The van der Waals surface area contributed by atoms with Crippen molar-refractivity contribution in [3.05, 3.63) is 58.6 Å². The van der Waals surface area contributed by atoms with E-state index in [1.54, 1.807) is 4.90 Å². The Bertz CT molecular complexity index is 731. The number of aryl methyl sites for hydroxylation is 1. The molecule has 0 bridgehead atoms. The molecule has 126 valence electrons. The van der Waals surface area contributed by atoms with Crippen LogP contribution in [0.3, 0.4) is 0 Å². The summed E-state index contributed by atoms with van der Waals surface area (Å²) >= 11 is 3.49. The van der Waals surface area contributed by atoms with Crippen LogP contribution in [-0.2, 0) is 9.59 Å². The molecular weight excluding hydrogens is 368 g/mol. The van der Waals surface area contributed by atoms with E-state index in [4.69, 9.17) is 0 Å². The van der Waals surface area contributed by atoms with Gasteiger partial charge in [0, 0.05) is 23.6 Å². The number of anilines is 2. The van der Waals surface area contributed by atoms with E-state index in [1.165, 1.54) is 11.8 Å². The van der Waals surface area contributed by atoms with Gasteiger partial charge in [-0.2, -0.15) is 0 Å². The number of para-hydroxylation sites is 1. The van der Waals surface area contributed by atoms with E-state index < -0.39 is 0 Å². The molecule has 0 aliphatic heterocycles. The average molecular weight is 389 g/mol. The maximum absolute atomic E-state index is 12.8. The third kappa shape index (κ3) is 4.23. The van der Waals surface area contributed by atoms with Crippen molar-refractivity contribution < 1.29 is 9.59 Å². The Kier molecular flexibility index (Phi) is 6.15. The first kappa shape index (κ1) is 18.2. The maximum Gasteiger partial charge on any atom is 0.247 e. The third-order valence-electron chi connectivity index (χ3n) is 3.75. The lowest BCUT2D eigenvalue weighted by Gasteiger charge is -2.27. The lowest BCUT2D eigenvalue weighted by molar-refractivity contribution is -0.121. The van der Waals surface area contributed by atoms with Gasteiger partial charge in [0.15, 0.2) is 0 Å². The third-order valence-corrected chi connectivity index (χ3v) is 4.39. The SMILES string of the molecule is CCN(C(=O)CN(C(C)=O)c1ccc(C)cc1Br)c1ccccc1. The van der Waals surface area contributed by atoms with Crippen LogP contribution in [0, 0.1) is 6.92 Å². The minimum atomic E-state index is -0.169. The topological polar surface area (TPSA) is 40.6 Å². The first-order valence-corrected chi connectivity index (χ1v) is 8.63. The largest absolute Gasteiger partial charge is 0.311 e. The molecule has 0 saturated heterocycles. The summed E-state index contributed by atoms with van der Waals surface area (Å²) in [6.45, 7) is 5.92. The number of hydrogen-bond acceptors (Lipinski definition) is 2. The van der Waals surface area contributed by atoms with Crippen molar-refractivity contribution in [3.63, 3.8) is 0 Å². The fourth-order valence-corrected chi connectivity index (χ4v) is 3.24. The Balaban J connectivity index is 2.27. The van der Waals surface area contributed by atoms with Crippen molar-refractivity contribution in [3.8, 4) is 0 Å². The van der Waals surface area contributed by atoms with Gasteiger partial charge in [-0.15, -0.1) is 0 Å². The van der Waals surface area contributed by atoms with E-state index >= 15 is 0 Å². The number of carbonyl (C=O) groups is 2. The molecule has 0 fully saturated rings. The molecule has 2 aromatic rings. The molecule has 24 heavy (non-hydrogen) atoms. The lowest BCUT2D eigenvalue weighted by atomic mass is 10.2. The van der Waals surface area contributed by atoms with Crippen molar-refractivity contribution in [2.45, 2.75) is 20.8 Å². The Labute approximate surface area is 151 Å². The first-order chi connectivity index (χ1) is 11.4. The fraction of sp³-hybridized carbons (Fsp3) is 0.263. The summed E-state index contributed by atoms with van der Waals surface area (Å²) in [4.78, 5) is 28.0. The monoisotopic (exact) mass is 388 g/mol. The number of nitrogens with zero attached hydrogens (tertiary/aromatic N) is 2. The van der Waals surface area contributed by atoms with Gasteiger partial charge >= 0.3 is 0 Å². The molecule has 2 aromatic carbocycles. The molecule has 0 aromatic heterocycles. The summed E-state index contributed by atoms with van der Waals surface area (Å²) in [5.41, 5.74) is 2.61. The van der Waals surface area contributed by atoms with Crippen molar-refractivity contribution in [2.24, 2.45) is 0 Å². The van der Waals surface area contributed by atoms with Crippen LogP contribution in [0.5, 0.6) is 0 Å². The summed E-state index contributed by atoms with van der Waals surface area (Å²) in [5.74, 6) is -0.289. The number of halogens is 1. The Morgan fingerprint density at radius 1 is 1.04 bits per heavy atom. The van der Waals surface area contributed by atoms with Gasteiger partial charge in [0.1, 0.15) is 6.54 Å².